The van der Waals surface area contributed by atoms with Crippen molar-refractivity contribution in [3.05, 3.63) is 35.9 Å². The van der Waals surface area contributed by atoms with Crippen LogP contribution in [0.2, 0.25) is 0 Å². The lowest BCUT2D eigenvalue weighted by Crippen LogP contribution is -2.61. The van der Waals surface area contributed by atoms with E-state index in [1.54, 1.807) is 0 Å². The van der Waals surface area contributed by atoms with Crippen molar-refractivity contribution >= 4 is 5.91 Å². The fraction of sp³-hybridized carbons (Fsp3) is 0.588. The van der Waals surface area contributed by atoms with Crippen LogP contribution < -0.4 is 5.32 Å². The topological polar surface area (TPSA) is 78.8 Å². The van der Waals surface area contributed by atoms with Crippen molar-refractivity contribution in [1.82, 2.24) is 5.32 Å². The lowest BCUT2D eigenvalue weighted by atomic mass is 9.71. The summed E-state index contributed by atoms with van der Waals surface area (Å²) in [5, 5.41) is 23.2. The number of carbonyl (C=O) groups excluding carboxylic acids is 1. The highest BCUT2D eigenvalue weighted by molar-refractivity contribution is 5.73. The van der Waals surface area contributed by atoms with Crippen molar-refractivity contribution in [1.29, 1.82) is 0 Å². The van der Waals surface area contributed by atoms with E-state index in [9.17, 15) is 15.0 Å². The maximum Gasteiger partial charge on any atom is 0.217 e. The predicted molar refractivity (Wildman–Crippen MR) is 81.0 cm³/mol. The Labute approximate surface area is 130 Å². The molecule has 0 bridgehead atoms. The van der Waals surface area contributed by atoms with E-state index in [2.05, 4.69) is 17.4 Å². The number of nitrogens with one attached hydrogen (secondary N) is 1. The number of hydrogen-bond acceptors (Lipinski definition) is 4. The van der Waals surface area contributed by atoms with Crippen LogP contribution in [-0.4, -0.2) is 40.7 Å². The molecule has 0 spiro atoms. The van der Waals surface area contributed by atoms with Crippen LogP contribution in [-0.2, 0) is 9.53 Å². The normalized spacial score (nSPS) is 38.1. The molecule has 120 valence electrons. The fourth-order valence-electron chi connectivity index (χ4n) is 3.82. The number of benzene rings is 1. The van der Waals surface area contributed by atoms with Gasteiger partial charge in [0.15, 0.2) is 6.29 Å². The number of aliphatic hydroxyl groups excluding tert-OH is 2. The molecule has 1 aliphatic carbocycles. The number of fused-ring (bicyclic) bond motifs is 1. The second-order valence-electron chi connectivity index (χ2n) is 6.37. The lowest BCUT2D eigenvalue weighted by Gasteiger charge is -2.47. The largest absolute Gasteiger partial charge is 0.390 e. The summed E-state index contributed by atoms with van der Waals surface area (Å²) in [6.45, 7) is 1.37. The lowest BCUT2D eigenvalue weighted by molar-refractivity contribution is -0.239. The minimum Gasteiger partial charge on any atom is -0.390 e. The first-order valence-corrected chi connectivity index (χ1v) is 7.90. The molecule has 1 amide bonds. The minimum absolute atomic E-state index is 0.0702. The first-order chi connectivity index (χ1) is 10.6. The number of carbonyl (C=O) groups is 1. The highest BCUT2D eigenvalue weighted by atomic mass is 16.6. The summed E-state index contributed by atoms with van der Waals surface area (Å²) in [5.74, 6) is 0.0358. The third-order valence-electron chi connectivity index (χ3n) is 4.90. The molecular formula is C17H23NO4. The summed E-state index contributed by atoms with van der Waals surface area (Å²) >= 11 is 0. The summed E-state index contributed by atoms with van der Waals surface area (Å²) < 4.78 is 5.64. The molecule has 5 nitrogen and oxygen atoms in total. The van der Waals surface area contributed by atoms with Crippen LogP contribution in [0.1, 0.15) is 37.7 Å². The molecule has 22 heavy (non-hydrogen) atoms. The van der Waals surface area contributed by atoms with E-state index in [-0.39, 0.29) is 17.9 Å². The molecule has 0 radical (unpaired) electrons. The minimum atomic E-state index is -1.14. The standard InChI is InChI=1S/C17H23NO4/c1-10(19)18-15-16(20)13-9-12(11-5-3-2-4-6-11)7-8-14(13)22-17(15)21/h2-6,12-17,20-21H,7-9H2,1H3,(H,18,19)/t12-,13+,14+,15-,16+,17+/m0/s1. The molecule has 1 aromatic rings. The quantitative estimate of drug-likeness (QED) is 0.766. The zero-order valence-corrected chi connectivity index (χ0v) is 12.7. The van der Waals surface area contributed by atoms with E-state index in [0.29, 0.717) is 5.92 Å². The molecule has 1 aliphatic heterocycles. The summed E-state index contributed by atoms with van der Waals surface area (Å²) in [6.07, 6.45) is 0.520. The number of amides is 1. The molecule has 3 rings (SSSR count). The van der Waals surface area contributed by atoms with Crippen molar-refractivity contribution in [3.8, 4) is 0 Å². The van der Waals surface area contributed by atoms with Gasteiger partial charge < -0.3 is 20.3 Å². The van der Waals surface area contributed by atoms with E-state index in [0.717, 1.165) is 19.3 Å². The first-order valence-electron chi connectivity index (χ1n) is 7.90. The summed E-state index contributed by atoms with van der Waals surface area (Å²) in [4.78, 5) is 11.3. The van der Waals surface area contributed by atoms with Gasteiger partial charge in [-0.2, -0.15) is 0 Å². The van der Waals surface area contributed by atoms with Crippen molar-refractivity contribution < 1.29 is 19.7 Å². The van der Waals surface area contributed by atoms with Gasteiger partial charge in [0.1, 0.15) is 6.04 Å². The Hall–Kier alpha value is -1.43. The Bertz CT molecular complexity index is 521. The van der Waals surface area contributed by atoms with Gasteiger partial charge in [-0.15, -0.1) is 0 Å². The van der Waals surface area contributed by atoms with Crippen molar-refractivity contribution in [2.24, 2.45) is 5.92 Å². The number of ether oxygens (including phenoxy) is 1. The van der Waals surface area contributed by atoms with E-state index >= 15 is 0 Å². The molecule has 1 heterocycles. The van der Waals surface area contributed by atoms with Gasteiger partial charge in [0, 0.05) is 12.8 Å². The molecule has 3 N–H and O–H groups in total. The van der Waals surface area contributed by atoms with Gasteiger partial charge in [0.2, 0.25) is 5.91 Å². The Morgan fingerprint density at radius 2 is 1.95 bits per heavy atom. The maximum atomic E-state index is 11.3. The molecule has 5 heteroatoms. The smallest absolute Gasteiger partial charge is 0.217 e. The molecule has 2 fully saturated rings. The highest BCUT2D eigenvalue weighted by Crippen LogP contribution is 2.42. The van der Waals surface area contributed by atoms with Gasteiger partial charge in [0.25, 0.3) is 0 Å². The van der Waals surface area contributed by atoms with Gasteiger partial charge in [-0.1, -0.05) is 30.3 Å². The van der Waals surface area contributed by atoms with Crippen LogP contribution in [0.25, 0.3) is 0 Å². The average molecular weight is 305 g/mol. The van der Waals surface area contributed by atoms with Crippen molar-refractivity contribution in [3.63, 3.8) is 0 Å². The summed E-state index contributed by atoms with van der Waals surface area (Å²) in [5.41, 5.74) is 1.27. The van der Waals surface area contributed by atoms with E-state index in [1.807, 2.05) is 18.2 Å². The number of rotatable bonds is 2. The first kappa shape index (κ1) is 15.5. The van der Waals surface area contributed by atoms with Gasteiger partial charge in [-0.05, 0) is 30.7 Å². The molecule has 1 saturated carbocycles. The Morgan fingerprint density at radius 1 is 1.23 bits per heavy atom. The zero-order valence-electron chi connectivity index (χ0n) is 12.7. The van der Waals surface area contributed by atoms with Gasteiger partial charge in [0.05, 0.1) is 12.2 Å². The van der Waals surface area contributed by atoms with Crippen LogP contribution in [0, 0.1) is 5.92 Å². The molecule has 1 aromatic carbocycles. The third-order valence-corrected chi connectivity index (χ3v) is 4.90. The molecule has 0 aromatic heterocycles. The van der Waals surface area contributed by atoms with Crippen molar-refractivity contribution in [2.75, 3.05) is 0 Å². The van der Waals surface area contributed by atoms with Gasteiger partial charge in [-0.25, -0.2) is 0 Å². The molecule has 1 saturated heterocycles. The van der Waals surface area contributed by atoms with Crippen molar-refractivity contribution in [2.45, 2.75) is 56.6 Å². The Balaban J connectivity index is 1.75. The van der Waals surface area contributed by atoms with Crippen LogP contribution in [0.15, 0.2) is 30.3 Å². The van der Waals surface area contributed by atoms with Gasteiger partial charge >= 0.3 is 0 Å². The fourth-order valence-corrected chi connectivity index (χ4v) is 3.82. The Morgan fingerprint density at radius 3 is 2.64 bits per heavy atom. The predicted octanol–water partition coefficient (Wildman–Crippen LogP) is 1.15. The monoisotopic (exact) mass is 305 g/mol. The zero-order chi connectivity index (χ0) is 15.7. The highest BCUT2D eigenvalue weighted by Gasteiger charge is 2.47. The van der Waals surface area contributed by atoms with Crippen LogP contribution in [0.5, 0.6) is 0 Å². The summed E-state index contributed by atoms with van der Waals surface area (Å²) in [7, 11) is 0. The van der Waals surface area contributed by atoms with Crippen LogP contribution in [0.3, 0.4) is 0 Å². The molecule has 6 atom stereocenters. The van der Waals surface area contributed by atoms with Crippen LogP contribution >= 0.6 is 0 Å². The third kappa shape index (κ3) is 3.02. The second-order valence-corrected chi connectivity index (χ2v) is 6.37. The van der Waals surface area contributed by atoms with Crippen LogP contribution in [0.4, 0.5) is 0 Å². The van der Waals surface area contributed by atoms with E-state index < -0.39 is 18.4 Å². The maximum absolute atomic E-state index is 11.3. The van der Waals surface area contributed by atoms with E-state index in [1.165, 1.54) is 12.5 Å². The average Bonchev–Trinajstić information content (AvgIpc) is 2.52. The molecular weight excluding hydrogens is 282 g/mol. The van der Waals surface area contributed by atoms with E-state index in [4.69, 9.17) is 4.74 Å². The Kier molecular flexibility index (Phi) is 4.47. The number of aliphatic hydroxyl groups is 2. The second kappa shape index (κ2) is 6.36. The summed E-state index contributed by atoms with van der Waals surface area (Å²) in [6, 6.07) is 9.52. The number of hydrogen-bond donors (Lipinski definition) is 3. The molecule has 0 unspecified atom stereocenters. The molecule has 2 aliphatic rings. The van der Waals surface area contributed by atoms with Gasteiger partial charge in [-0.3, -0.25) is 4.79 Å². The SMILES string of the molecule is CC(=O)N[C@H]1[C@H](O)[C@@H]2C[C@@H](c3ccccc3)CC[C@H]2O[C@H]1O.